The molecule has 6 heteroatoms. The van der Waals surface area contributed by atoms with Gasteiger partial charge in [0.05, 0.1) is 20.8 Å². The Morgan fingerprint density at radius 2 is 1.85 bits per heavy atom. The van der Waals surface area contributed by atoms with Crippen LogP contribution in [0, 0.1) is 0 Å². The quantitative estimate of drug-likeness (QED) is 0.814. The molecule has 0 spiro atoms. The summed E-state index contributed by atoms with van der Waals surface area (Å²) in [6, 6.07) is 7.72. The van der Waals surface area contributed by atoms with E-state index in [1.54, 1.807) is 6.20 Å². The highest BCUT2D eigenvalue weighted by Crippen LogP contribution is 2.33. The lowest BCUT2D eigenvalue weighted by Gasteiger charge is -2.12. The van der Waals surface area contributed by atoms with Crippen LogP contribution in [-0.2, 0) is 6.54 Å². The lowest BCUT2D eigenvalue weighted by atomic mass is 10.2. The number of phenolic OH excluding ortho intramolecular Hbond substituents is 1. The molecule has 1 aromatic heterocycles. The number of hydrogen-bond donors (Lipinski definition) is 2. The Labute approximate surface area is 135 Å². The van der Waals surface area contributed by atoms with Gasteiger partial charge in [0.25, 0.3) is 0 Å². The van der Waals surface area contributed by atoms with Gasteiger partial charge in [-0.15, -0.1) is 0 Å². The molecule has 1 aromatic carbocycles. The molecule has 2 rings (SSSR count). The highest BCUT2D eigenvalue weighted by molar-refractivity contribution is 9.11. The number of phenols is 1. The molecular weight excluding hydrogens is 386 g/mol. The van der Waals surface area contributed by atoms with Crippen molar-refractivity contribution in [1.82, 2.24) is 4.98 Å². The predicted molar refractivity (Wildman–Crippen MR) is 89.4 cm³/mol. The number of nitrogens with one attached hydrogen (secondary N) is 1. The Kier molecular flexibility index (Phi) is 4.88. The van der Waals surface area contributed by atoms with Crippen LogP contribution in [0.1, 0.15) is 5.56 Å². The van der Waals surface area contributed by atoms with Gasteiger partial charge in [0.2, 0.25) is 0 Å². The van der Waals surface area contributed by atoms with Crippen LogP contribution >= 0.6 is 31.9 Å². The monoisotopic (exact) mass is 399 g/mol. The summed E-state index contributed by atoms with van der Waals surface area (Å²) in [6.45, 7) is 0.653. The fourth-order valence-corrected chi connectivity index (χ4v) is 2.96. The minimum absolute atomic E-state index is 0.214. The molecule has 106 valence electrons. The third kappa shape index (κ3) is 3.64. The van der Waals surface area contributed by atoms with Gasteiger partial charge in [-0.2, -0.15) is 0 Å². The van der Waals surface area contributed by atoms with E-state index in [9.17, 15) is 5.11 Å². The first-order chi connectivity index (χ1) is 9.47. The fourth-order valence-electron chi connectivity index (χ4n) is 1.68. The maximum Gasteiger partial charge on any atom is 0.143 e. The average Bonchev–Trinajstić information content (AvgIpc) is 2.42. The Morgan fingerprint density at radius 3 is 2.35 bits per heavy atom. The summed E-state index contributed by atoms with van der Waals surface area (Å²) >= 11 is 6.65. The van der Waals surface area contributed by atoms with Gasteiger partial charge in [-0.1, -0.05) is 0 Å². The lowest BCUT2D eigenvalue weighted by molar-refractivity contribution is 0.468. The van der Waals surface area contributed by atoms with Crippen molar-refractivity contribution < 1.29 is 5.11 Å². The second-order valence-corrected chi connectivity index (χ2v) is 6.27. The van der Waals surface area contributed by atoms with Crippen LogP contribution in [0.2, 0.25) is 0 Å². The first-order valence-electron chi connectivity index (χ1n) is 6.01. The van der Waals surface area contributed by atoms with E-state index in [2.05, 4.69) is 42.2 Å². The SMILES string of the molecule is CN(C)c1ccc(NCc2cc(Br)c(O)c(Br)c2)cn1. The minimum atomic E-state index is 0.214. The molecule has 2 N–H and O–H groups in total. The third-order valence-corrected chi connectivity index (χ3v) is 3.99. The number of hydrogen-bond acceptors (Lipinski definition) is 4. The summed E-state index contributed by atoms with van der Waals surface area (Å²) in [5, 5.41) is 13.0. The van der Waals surface area contributed by atoms with Crippen LogP contribution in [-0.4, -0.2) is 24.2 Å². The summed E-state index contributed by atoms with van der Waals surface area (Å²) in [5.41, 5.74) is 2.01. The van der Waals surface area contributed by atoms with E-state index in [-0.39, 0.29) is 5.75 Å². The highest BCUT2D eigenvalue weighted by Gasteiger charge is 2.06. The van der Waals surface area contributed by atoms with Gasteiger partial charge in [0, 0.05) is 20.6 Å². The normalized spacial score (nSPS) is 10.4. The van der Waals surface area contributed by atoms with E-state index < -0.39 is 0 Å². The average molecular weight is 401 g/mol. The van der Waals surface area contributed by atoms with Crippen LogP contribution < -0.4 is 10.2 Å². The zero-order valence-corrected chi connectivity index (χ0v) is 14.4. The van der Waals surface area contributed by atoms with Crippen molar-refractivity contribution in [3.63, 3.8) is 0 Å². The lowest BCUT2D eigenvalue weighted by Crippen LogP contribution is -2.10. The number of rotatable bonds is 4. The molecular formula is C14H15Br2N3O. The predicted octanol–water partition coefficient (Wildman–Crippen LogP) is 3.99. The van der Waals surface area contributed by atoms with Gasteiger partial charge in [-0.3, -0.25) is 0 Å². The van der Waals surface area contributed by atoms with Crippen LogP contribution in [0.4, 0.5) is 11.5 Å². The molecule has 2 aromatic rings. The van der Waals surface area contributed by atoms with Crippen molar-refractivity contribution in [3.8, 4) is 5.75 Å². The first-order valence-corrected chi connectivity index (χ1v) is 7.60. The number of halogens is 2. The van der Waals surface area contributed by atoms with E-state index in [1.807, 2.05) is 43.3 Å². The smallest absolute Gasteiger partial charge is 0.143 e. The Hall–Kier alpha value is -1.27. The molecule has 0 saturated heterocycles. The van der Waals surface area contributed by atoms with Gasteiger partial charge < -0.3 is 15.3 Å². The number of aromatic hydroxyl groups is 1. The largest absolute Gasteiger partial charge is 0.506 e. The zero-order chi connectivity index (χ0) is 14.7. The van der Waals surface area contributed by atoms with Crippen LogP contribution in [0.3, 0.4) is 0 Å². The van der Waals surface area contributed by atoms with Gasteiger partial charge in [0.1, 0.15) is 11.6 Å². The molecule has 0 aliphatic rings. The summed E-state index contributed by atoms with van der Waals surface area (Å²) in [6.07, 6.45) is 1.81. The van der Waals surface area contributed by atoms with Crippen molar-refractivity contribution in [2.24, 2.45) is 0 Å². The van der Waals surface area contributed by atoms with E-state index in [1.165, 1.54) is 0 Å². The second-order valence-electron chi connectivity index (χ2n) is 4.56. The standard InChI is InChI=1S/C14H15Br2N3O/c1-19(2)13-4-3-10(8-18-13)17-7-9-5-11(15)14(20)12(16)6-9/h3-6,8,17,20H,7H2,1-2H3. The maximum atomic E-state index is 9.67. The van der Waals surface area contributed by atoms with Gasteiger partial charge in [0.15, 0.2) is 0 Å². The molecule has 0 saturated carbocycles. The fraction of sp³-hybridized carbons (Fsp3) is 0.214. The second kappa shape index (κ2) is 6.45. The Morgan fingerprint density at radius 1 is 1.20 bits per heavy atom. The molecule has 4 nitrogen and oxygen atoms in total. The van der Waals surface area contributed by atoms with Gasteiger partial charge >= 0.3 is 0 Å². The first kappa shape index (κ1) is 15.1. The van der Waals surface area contributed by atoms with Gasteiger partial charge in [-0.05, 0) is 61.7 Å². The van der Waals surface area contributed by atoms with Crippen molar-refractivity contribution in [3.05, 3.63) is 45.0 Å². The molecule has 0 amide bonds. The Bertz CT molecular complexity index is 577. The zero-order valence-electron chi connectivity index (χ0n) is 11.2. The molecule has 0 atom stereocenters. The van der Waals surface area contributed by atoms with Crippen molar-refractivity contribution in [2.45, 2.75) is 6.54 Å². The van der Waals surface area contributed by atoms with Crippen LogP contribution in [0.25, 0.3) is 0 Å². The van der Waals surface area contributed by atoms with Crippen LogP contribution in [0.5, 0.6) is 5.75 Å². The van der Waals surface area contributed by atoms with Crippen molar-refractivity contribution >= 4 is 43.4 Å². The number of anilines is 2. The summed E-state index contributed by atoms with van der Waals surface area (Å²) in [5.74, 6) is 1.14. The molecule has 0 fully saturated rings. The van der Waals surface area contributed by atoms with Crippen LogP contribution in [0.15, 0.2) is 39.4 Å². The highest BCUT2D eigenvalue weighted by atomic mass is 79.9. The number of aromatic nitrogens is 1. The topological polar surface area (TPSA) is 48.4 Å². The third-order valence-electron chi connectivity index (χ3n) is 2.78. The van der Waals surface area contributed by atoms with Crippen molar-refractivity contribution in [1.29, 1.82) is 0 Å². The molecule has 0 aliphatic heterocycles. The molecule has 1 heterocycles. The molecule has 0 radical (unpaired) electrons. The summed E-state index contributed by atoms with van der Waals surface area (Å²) in [7, 11) is 3.92. The van der Waals surface area contributed by atoms with E-state index >= 15 is 0 Å². The maximum absolute atomic E-state index is 9.67. The minimum Gasteiger partial charge on any atom is -0.506 e. The van der Waals surface area contributed by atoms with E-state index in [0.29, 0.717) is 15.5 Å². The molecule has 0 bridgehead atoms. The summed E-state index contributed by atoms with van der Waals surface area (Å²) < 4.78 is 1.34. The molecule has 0 aliphatic carbocycles. The number of nitrogens with zero attached hydrogens (tertiary/aromatic N) is 2. The Balaban J connectivity index is 2.05. The van der Waals surface area contributed by atoms with Crippen molar-refractivity contribution in [2.75, 3.05) is 24.3 Å². The molecule has 20 heavy (non-hydrogen) atoms. The van der Waals surface area contributed by atoms with E-state index in [4.69, 9.17) is 0 Å². The molecule has 0 unspecified atom stereocenters. The number of pyridine rings is 1. The van der Waals surface area contributed by atoms with E-state index in [0.717, 1.165) is 17.1 Å². The summed E-state index contributed by atoms with van der Waals surface area (Å²) in [4.78, 5) is 6.30. The van der Waals surface area contributed by atoms with Gasteiger partial charge in [-0.25, -0.2) is 4.98 Å². The number of benzene rings is 1.